The van der Waals surface area contributed by atoms with Crippen LogP contribution >= 0.6 is 0 Å². The number of nitrogens with two attached hydrogens (primary N) is 2. The molecule has 0 bridgehead atoms. The standard InChI is InChI=1S/C20H18N2O4/c1-13(21)3-4-14(2)25-19(23)16-7-11-18(12-8-16)26-20(24)15-5-9-17(22)10-6-15/h3-12H,1-2,21-22H2/b4-3-. The third kappa shape index (κ3) is 5.38. The van der Waals surface area contributed by atoms with Gasteiger partial charge >= 0.3 is 11.9 Å². The van der Waals surface area contributed by atoms with Crippen LogP contribution in [0.4, 0.5) is 5.69 Å². The van der Waals surface area contributed by atoms with Crippen LogP contribution in [0.5, 0.6) is 5.75 Å². The fourth-order valence-corrected chi connectivity index (χ4v) is 1.86. The number of allylic oxidation sites excluding steroid dienone is 2. The highest BCUT2D eigenvalue weighted by Gasteiger charge is 2.11. The Balaban J connectivity index is 1.98. The fourth-order valence-electron chi connectivity index (χ4n) is 1.86. The van der Waals surface area contributed by atoms with Crippen LogP contribution in [0.1, 0.15) is 20.7 Å². The van der Waals surface area contributed by atoms with Crippen LogP contribution in [0.25, 0.3) is 0 Å². The van der Waals surface area contributed by atoms with Crippen LogP contribution in [0, 0.1) is 0 Å². The third-order valence-electron chi connectivity index (χ3n) is 3.15. The molecule has 0 aliphatic heterocycles. The monoisotopic (exact) mass is 350 g/mol. The molecule has 0 aromatic heterocycles. The van der Waals surface area contributed by atoms with Gasteiger partial charge in [-0.05, 0) is 60.7 Å². The van der Waals surface area contributed by atoms with Crippen molar-refractivity contribution < 1.29 is 19.1 Å². The molecular formula is C20H18N2O4. The van der Waals surface area contributed by atoms with E-state index in [1.54, 1.807) is 24.3 Å². The zero-order chi connectivity index (χ0) is 19.1. The summed E-state index contributed by atoms with van der Waals surface area (Å²) in [5, 5.41) is 0. The second-order valence-electron chi connectivity index (χ2n) is 5.30. The second-order valence-corrected chi connectivity index (χ2v) is 5.30. The van der Waals surface area contributed by atoms with Crippen molar-refractivity contribution in [3.05, 3.63) is 96.4 Å². The van der Waals surface area contributed by atoms with E-state index in [1.165, 1.54) is 36.4 Å². The highest BCUT2D eigenvalue weighted by molar-refractivity contribution is 5.92. The largest absolute Gasteiger partial charge is 0.424 e. The molecule has 0 saturated carbocycles. The first-order valence-electron chi connectivity index (χ1n) is 7.56. The lowest BCUT2D eigenvalue weighted by Gasteiger charge is -2.06. The molecule has 26 heavy (non-hydrogen) atoms. The van der Waals surface area contributed by atoms with Gasteiger partial charge in [0.1, 0.15) is 11.5 Å². The molecule has 0 radical (unpaired) electrons. The van der Waals surface area contributed by atoms with Crippen molar-refractivity contribution >= 4 is 17.6 Å². The minimum absolute atomic E-state index is 0.125. The van der Waals surface area contributed by atoms with Crippen molar-refractivity contribution in [1.82, 2.24) is 0 Å². The summed E-state index contributed by atoms with van der Waals surface area (Å²) in [5.41, 5.74) is 12.5. The number of ether oxygens (including phenoxy) is 2. The number of rotatable bonds is 6. The minimum atomic E-state index is -0.598. The van der Waals surface area contributed by atoms with Gasteiger partial charge in [0.05, 0.1) is 11.1 Å². The van der Waals surface area contributed by atoms with Crippen LogP contribution in [-0.2, 0) is 4.74 Å². The van der Waals surface area contributed by atoms with Gasteiger partial charge in [-0.1, -0.05) is 13.2 Å². The molecule has 0 atom stereocenters. The fraction of sp³-hybridized carbons (Fsp3) is 0. The number of hydrogen-bond acceptors (Lipinski definition) is 6. The van der Waals surface area contributed by atoms with Crippen molar-refractivity contribution in [2.45, 2.75) is 0 Å². The second kappa shape index (κ2) is 8.34. The van der Waals surface area contributed by atoms with Gasteiger partial charge in [-0.25, -0.2) is 9.59 Å². The van der Waals surface area contributed by atoms with E-state index in [-0.39, 0.29) is 11.3 Å². The molecule has 0 unspecified atom stereocenters. The van der Waals surface area contributed by atoms with E-state index in [4.69, 9.17) is 20.9 Å². The van der Waals surface area contributed by atoms with Crippen molar-refractivity contribution in [3.63, 3.8) is 0 Å². The van der Waals surface area contributed by atoms with Crippen molar-refractivity contribution in [2.24, 2.45) is 5.73 Å². The number of nitrogen functional groups attached to an aromatic ring is 1. The smallest absolute Gasteiger partial charge is 0.343 e. The summed E-state index contributed by atoms with van der Waals surface area (Å²) >= 11 is 0. The summed E-state index contributed by atoms with van der Waals surface area (Å²) in [4.78, 5) is 24.0. The number of carbonyl (C=O) groups is 2. The molecule has 0 heterocycles. The van der Waals surface area contributed by atoms with Crippen LogP contribution in [0.3, 0.4) is 0 Å². The first-order chi connectivity index (χ1) is 12.3. The molecular weight excluding hydrogens is 332 g/mol. The van der Waals surface area contributed by atoms with E-state index in [9.17, 15) is 9.59 Å². The van der Waals surface area contributed by atoms with Gasteiger partial charge in [0.15, 0.2) is 0 Å². The van der Waals surface area contributed by atoms with Crippen LogP contribution in [0.15, 0.2) is 85.3 Å². The molecule has 6 heteroatoms. The van der Waals surface area contributed by atoms with Gasteiger partial charge in [0, 0.05) is 11.4 Å². The quantitative estimate of drug-likeness (QED) is 0.273. The van der Waals surface area contributed by atoms with Crippen LogP contribution in [-0.4, -0.2) is 11.9 Å². The Hall–Kier alpha value is -3.80. The van der Waals surface area contributed by atoms with Crippen LogP contribution < -0.4 is 16.2 Å². The molecule has 2 aromatic carbocycles. The Bertz CT molecular complexity index is 866. The molecule has 0 amide bonds. The number of hydrogen-bond donors (Lipinski definition) is 2. The maximum Gasteiger partial charge on any atom is 0.343 e. The molecule has 0 saturated heterocycles. The lowest BCUT2D eigenvalue weighted by molar-refractivity contribution is 0.0638. The average molecular weight is 350 g/mol. The number of carbonyl (C=O) groups excluding carboxylic acids is 2. The van der Waals surface area contributed by atoms with Gasteiger partial charge in [-0.2, -0.15) is 0 Å². The van der Waals surface area contributed by atoms with E-state index in [0.717, 1.165) is 0 Å². The molecule has 6 nitrogen and oxygen atoms in total. The molecule has 2 rings (SSSR count). The molecule has 0 aliphatic carbocycles. The maximum atomic E-state index is 12.0. The molecule has 4 N–H and O–H groups in total. The number of anilines is 1. The van der Waals surface area contributed by atoms with Gasteiger partial charge in [0.2, 0.25) is 0 Å². The first kappa shape index (κ1) is 18.5. The number of esters is 2. The highest BCUT2D eigenvalue weighted by Crippen LogP contribution is 2.16. The lowest BCUT2D eigenvalue weighted by Crippen LogP contribution is -2.09. The molecule has 0 aliphatic rings. The summed E-state index contributed by atoms with van der Waals surface area (Å²) in [6.07, 6.45) is 2.90. The topological polar surface area (TPSA) is 105 Å². The van der Waals surface area contributed by atoms with Crippen molar-refractivity contribution in [1.29, 1.82) is 0 Å². The van der Waals surface area contributed by atoms with Gasteiger partial charge in [-0.3, -0.25) is 0 Å². The zero-order valence-electron chi connectivity index (χ0n) is 14.0. The molecule has 0 spiro atoms. The predicted octanol–water partition coefficient (Wildman–Crippen LogP) is 3.19. The van der Waals surface area contributed by atoms with Crippen molar-refractivity contribution in [2.75, 3.05) is 5.73 Å². The van der Waals surface area contributed by atoms with Gasteiger partial charge < -0.3 is 20.9 Å². The molecule has 2 aromatic rings. The summed E-state index contributed by atoms with van der Waals surface area (Å²) in [6, 6.07) is 12.3. The Kier molecular flexibility index (Phi) is 5.95. The lowest BCUT2D eigenvalue weighted by atomic mass is 10.2. The first-order valence-corrected chi connectivity index (χ1v) is 7.56. The van der Waals surface area contributed by atoms with E-state index in [1.807, 2.05) is 0 Å². The predicted molar refractivity (Wildman–Crippen MR) is 99.3 cm³/mol. The van der Waals surface area contributed by atoms with E-state index in [0.29, 0.717) is 22.7 Å². The zero-order valence-corrected chi connectivity index (χ0v) is 14.0. The van der Waals surface area contributed by atoms with Gasteiger partial charge in [0.25, 0.3) is 0 Å². The summed E-state index contributed by atoms with van der Waals surface area (Å²) in [6.45, 7) is 7.07. The SMILES string of the molecule is C=C(N)/C=C\C(=C)OC(=O)c1ccc(OC(=O)c2ccc(N)cc2)cc1. The maximum absolute atomic E-state index is 12.0. The number of benzene rings is 2. The summed E-state index contributed by atoms with van der Waals surface area (Å²) in [5.74, 6) is -0.707. The van der Waals surface area contributed by atoms with E-state index >= 15 is 0 Å². The Morgan fingerprint density at radius 3 is 1.96 bits per heavy atom. The van der Waals surface area contributed by atoms with Crippen molar-refractivity contribution in [3.8, 4) is 5.75 Å². The normalized spacial score (nSPS) is 10.3. The Morgan fingerprint density at radius 1 is 0.846 bits per heavy atom. The van der Waals surface area contributed by atoms with Gasteiger partial charge in [-0.15, -0.1) is 0 Å². The molecule has 132 valence electrons. The minimum Gasteiger partial charge on any atom is -0.424 e. The summed E-state index contributed by atoms with van der Waals surface area (Å²) < 4.78 is 10.3. The highest BCUT2D eigenvalue weighted by atomic mass is 16.5. The third-order valence-corrected chi connectivity index (χ3v) is 3.15. The Labute approximate surface area is 151 Å². The Morgan fingerprint density at radius 2 is 1.38 bits per heavy atom. The van der Waals surface area contributed by atoms with Crippen LogP contribution in [0.2, 0.25) is 0 Å². The average Bonchev–Trinajstić information content (AvgIpc) is 2.61. The van der Waals surface area contributed by atoms with E-state index in [2.05, 4.69) is 13.2 Å². The van der Waals surface area contributed by atoms with E-state index < -0.39 is 11.9 Å². The molecule has 0 fully saturated rings. The summed E-state index contributed by atoms with van der Waals surface area (Å²) in [7, 11) is 0.